The Morgan fingerprint density at radius 1 is 1.17 bits per heavy atom. The minimum absolute atomic E-state index is 0.0931. The Labute approximate surface area is 202 Å². The highest BCUT2D eigenvalue weighted by molar-refractivity contribution is 6.01. The zero-order chi connectivity index (χ0) is 26.2. The van der Waals surface area contributed by atoms with Gasteiger partial charge in [0.1, 0.15) is 11.5 Å². The average molecular weight is 501 g/mol. The SMILES string of the molecule is Cc1cc(-c2nn3c(c2C(=O)NN)CN(C(=O)Nc2ccc(C#N)c(C(F)(F)F)c2)CC3)ccc1F. The second-order valence-electron chi connectivity index (χ2n) is 8.05. The van der Waals surface area contributed by atoms with Gasteiger partial charge in [-0.25, -0.2) is 15.0 Å². The van der Waals surface area contributed by atoms with Crippen LogP contribution in [0.1, 0.15) is 32.7 Å². The van der Waals surface area contributed by atoms with E-state index >= 15 is 0 Å². The highest BCUT2D eigenvalue weighted by Gasteiger charge is 2.34. The summed E-state index contributed by atoms with van der Waals surface area (Å²) in [7, 11) is 0. The molecule has 36 heavy (non-hydrogen) atoms. The zero-order valence-electron chi connectivity index (χ0n) is 18.8. The van der Waals surface area contributed by atoms with Crippen molar-refractivity contribution < 1.29 is 27.2 Å². The minimum Gasteiger partial charge on any atom is -0.317 e. The molecule has 0 bridgehead atoms. The predicted molar refractivity (Wildman–Crippen MR) is 120 cm³/mol. The number of nitrogens with zero attached hydrogens (tertiary/aromatic N) is 4. The molecule has 0 radical (unpaired) electrons. The van der Waals surface area contributed by atoms with Crippen molar-refractivity contribution in [3.8, 4) is 17.3 Å². The lowest BCUT2D eigenvalue weighted by Gasteiger charge is -2.28. The number of halogens is 4. The number of alkyl halides is 3. The lowest BCUT2D eigenvalue weighted by atomic mass is 10.0. The van der Waals surface area contributed by atoms with Gasteiger partial charge in [0.15, 0.2) is 0 Å². The Hall–Kier alpha value is -4.44. The second-order valence-corrected chi connectivity index (χ2v) is 8.05. The van der Waals surface area contributed by atoms with Gasteiger partial charge in [-0.3, -0.25) is 14.9 Å². The van der Waals surface area contributed by atoms with Gasteiger partial charge in [0.25, 0.3) is 5.91 Å². The van der Waals surface area contributed by atoms with Crippen LogP contribution < -0.4 is 16.6 Å². The number of urea groups is 1. The fraction of sp³-hybridized carbons (Fsp3) is 0.217. The number of carbonyl (C=O) groups excluding carboxylic acids is 2. The molecular formula is C23H19F4N7O2. The van der Waals surface area contributed by atoms with Crippen molar-refractivity contribution in [1.82, 2.24) is 20.1 Å². The average Bonchev–Trinajstić information content (AvgIpc) is 3.23. The molecule has 4 rings (SSSR count). The van der Waals surface area contributed by atoms with Gasteiger partial charge in [-0.15, -0.1) is 0 Å². The van der Waals surface area contributed by atoms with E-state index in [1.54, 1.807) is 6.92 Å². The first-order valence-electron chi connectivity index (χ1n) is 10.6. The number of benzene rings is 2. The van der Waals surface area contributed by atoms with Gasteiger partial charge in [0.2, 0.25) is 0 Å². The maximum absolute atomic E-state index is 13.8. The summed E-state index contributed by atoms with van der Waals surface area (Å²) in [5.41, 5.74) is 1.69. The maximum Gasteiger partial charge on any atom is 0.417 e. The van der Waals surface area contributed by atoms with E-state index in [2.05, 4.69) is 15.8 Å². The third kappa shape index (κ3) is 4.58. The number of fused-ring (bicyclic) bond motifs is 1. The normalized spacial score (nSPS) is 13.1. The highest BCUT2D eigenvalue weighted by atomic mass is 19.4. The fourth-order valence-corrected chi connectivity index (χ4v) is 3.95. The number of rotatable bonds is 3. The number of nitriles is 1. The van der Waals surface area contributed by atoms with Crippen LogP contribution >= 0.6 is 0 Å². The molecule has 0 unspecified atom stereocenters. The number of nitrogens with one attached hydrogen (secondary N) is 2. The van der Waals surface area contributed by atoms with E-state index in [1.165, 1.54) is 39.9 Å². The van der Waals surface area contributed by atoms with Crippen molar-refractivity contribution >= 4 is 17.6 Å². The molecule has 3 amide bonds. The van der Waals surface area contributed by atoms with Gasteiger partial charge < -0.3 is 10.2 Å². The van der Waals surface area contributed by atoms with E-state index in [-0.39, 0.29) is 36.6 Å². The fourth-order valence-electron chi connectivity index (χ4n) is 3.95. The van der Waals surface area contributed by atoms with E-state index in [0.717, 1.165) is 6.07 Å². The summed E-state index contributed by atoms with van der Waals surface area (Å²) < 4.78 is 55.1. The molecule has 186 valence electrons. The number of aromatic nitrogens is 2. The molecule has 0 spiro atoms. The number of carbonyl (C=O) groups is 2. The van der Waals surface area contributed by atoms with Crippen LogP contribution in [-0.4, -0.2) is 33.2 Å². The molecule has 2 heterocycles. The van der Waals surface area contributed by atoms with Crippen molar-refractivity contribution in [3.63, 3.8) is 0 Å². The first-order chi connectivity index (χ1) is 17.0. The van der Waals surface area contributed by atoms with Gasteiger partial charge in [0, 0.05) is 17.8 Å². The Morgan fingerprint density at radius 3 is 2.56 bits per heavy atom. The summed E-state index contributed by atoms with van der Waals surface area (Å²) in [5.74, 6) is 4.27. The Kier molecular flexibility index (Phi) is 6.38. The Morgan fingerprint density at radius 2 is 1.92 bits per heavy atom. The highest BCUT2D eigenvalue weighted by Crippen LogP contribution is 2.34. The van der Waals surface area contributed by atoms with E-state index in [1.807, 2.05) is 0 Å². The van der Waals surface area contributed by atoms with Crippen molar-refractivity contribution in [3.05, 3.63) is 70.2 Å². The summed E-state index contributed by atoms with van der Waals surface area (Å²) in [6.45, 7) is 1.81. The zero-order valence-corrected chi connectivity index (χ0v) is 18.8. The molecule has 13 heteroatoms. The molecular weight excluding hydrogens is 482 g/mol. The van der Waals surface area contributed by atoms with Gasteiger partial charge >= 0.3 is 12.2 Å². The van der Waals surface area contributed by atoms with Crippen LogP contribution in [0.15, 0.2) is 36.4 Å². The summed E-state index contributed by atoms with van der Waals surface area (Å²) in [5, 5.41) is 15.8. The van der Waals surface area contributed by atoms with Crippen LogP contribution in [0.4, 0.5) is 28.0 Å². The van der Waals surface area contributed by atoms with E-state index < -0.39 is 35.1 Å². The molecule has 1 aromatic heterocycles. The van der Waals surface area contributed by atoms with Gasteiger partial charge in [0.05, 0.1) is 41.5 Å². The lowest BCUT2D eigenvalue weighted by molar-refractivity contribution is -0.137. The smallest absolute Gasteiger partial charge is 0.317 e. The molecule has 4 N–H and O–H groups in total. The second kappa shape index (κ2) is 9.31. The van der Waals surface area contributed by atoms with E-state index in [0.29, 0.717) is 22.9 Å². The Balaban J connectivity index is 1.63. The predicted octanol–water partition coefficient (Wildman–Crippen LogP) is 3.54. The minimum atomic E-state index is -4.77. The maximum atomic E-state index is 13.8. The molecule has 2 aromatic carbocycles. The third-order valence-electron chi connectivity index (χ3n) is 5.75. The van der Waals surface area contributed by atoms with Crippen LogP contribution in [0.5, 0.6) is 0 Å². The van der Waals surface area contributed by atoms with Crippen LogP contribution in [0.3, 0.4) is 0 Å². The number of nitrogens with two attached hydrogens (primary N) is 1. The summed E-state index contributed by atoms with van der Waals surface area (Å²) >= 11 is 0. The Bertz CT molecular complexity index is 1410. The van der Waals surface area contributed by atoms with Gasteiger partial charge in [-0.1, -0.05) is 0 Å². The first-order valence-corrected chi connectivity index (χ1v) is 10.6. The first kappa shape index (κ1) is 24.7. The summed E-state index contributed by atoms with van der Waals surface area (Å²) in [6, 6.07) is 7.88. The van der Waals surface area contributed by atoms with Crippen molar-refractivity contribution in [1.29, 1.82) is 5.26 Å². The molecule has 9 nitrogen and oxygen atoms in total. The molecule has 0 saturated carbocycles. The number of aryl methyl sites for hydroxylation is 1. The molecule has 0 fully saturated rings. The number of hydrogen-bond acceptors (Lipinski definition) is 5. The standard InChI is InChI=1S/C23H19F4N7O2/c1-12-8-13(3-5-17(12)24)20-19(21(35)31-29)18-11-33(6-7-34(18)32-20)22(36)30-15-4-2-14(10-28)16(9-15)23(25,26)27/h2-5,8-9H,6-7,11,29H2,1H3,(H,30,36)(H,31,35). The van der Waals surface area contributed by atoms with Crippen molar-refractivity contribution in [2.24, 2.45) is 5.84 Å². The van der Waals surface area contributed by atoms with E-state index in [4.69, 9.17) is 11.1 Å². The molecule has 0 aliphatic carbocycles. The van der Waals surface area contributed by atoms with Gasteiger partial charge in [-0.2, -0.15) is 23.5 Å². The van der Waals surface area contributed by atoms with Crippen LogP contribution in [0.25, 0.3) is 11.3 Å². The third-order valence-corrected chi connectivity index (χ3v) is 5.75. The number of anilines is 1. The number of hydrazine groups is 1. The largest absolute Gasteiger partial charge is 0.417 e. The number of amides is 3. The lowest BCUT2D eigenvalue weighted by Crippen LogP contribution is -2.42. The molecule has 1 aliphatic rings. The summed E-state index contributed by atoms with van der Waals surface area (Å²) in [4.78, 5) is 26.8. The van der Waals surface area contributed by atoms with Crippen molar-refractivity contribution in [2.75, 3.05) is 11.9 Å². The quantitative estimate of drug-likeness (QED) is 0.219. The van der Waals surface area contributed by atoms with Gasteiger partial charge in [-0.05, 0) is 48.9 Å². The van der Waals surface area contributed by atoms with Crippen molar-refractivity contribution in [2.45, 2.75) is 26.2 Å². The topological polar surface area (TPSA) is 129 Å². The number of nitrogen functional groups attached to an aromatic ring is 1. The van der Waals surface area contributed by atoms with Crippen LogP contribution in [0.2, 0.25) is 0 Å². The molecule has 0 atom stereocenters. The van der Waals surface area contributed by atoms with E-state index in [9.17, 15) is 27.2 Å². The molecule has 3 aromatic rings. The molecule has 1 aliphatic heterocycles. The molecule has 0 saturated heterocycles. The summed E-state index contributed by atoms with van der Waals surface area (Å²) in [6.07, 6.45) is -4.77. The van der Waals surface area contributed by atoms with Crippen LogP contribution in [-0.2, 0) is 19.3 Å². The van der Waals surface area contributed by atoms with Crippen LogP contribution in [0, 0.1) is 24.1 Å². The monoisotopic (exact) mass is 501 g/mol. The number of hydrogen-bond donors (Lipinski definition) is 3.